The Morgan fingerprint density at radius 2 is 2.00 bits per heavy atom. The van der Waals surface area contributed by atoms with Crippen LogP contribution in [-0.2, 0) is 4.79 Å². The molecule has 1 fully saturated rings. The van der Waals surface area contributed by atoms with Crippen LogP contribution in [0.2, 0.25) is 0 Å². The molecule has 1 aliphatic rings. The molecule has 28 heavy (non-hydrogen) atoms. The normalized spacial score (nSPS) is 17.5. The van der Waals surface area contributed by atoms with Gasteiger partial charge in [0.05, 0.1) is 7.11 Å². The largest absolute Gasteiger partial charge is 0.493 e. The van der Waals surface area contributed by atoms with Gasteiger partial charge in [-0.05, 0) is 57.7 Å². The van der Waals surface area contributed by atoms with Gasteiger partial charge >= 0.3 is 0 Å². The molecule has 0 radical (unpaired) electrons. The van der Waals surface area contributed by atoms with Crippen LogP contribution in [0, 0.1) is 5.92 Å². The molecule has 0 aliphatic carbocycles. The zero-order valence-corrected chi connectivity index (χ0v) is 17.9. The fourth-order valence-corrected chi connectivity index (χ4v) is 3.23. The van der Waals surface area contributed by atoms with Gasteiger partial charge in [0.15, 0.2) is 18.1 Å². The molecule has 0 spiro atoms. The molecule has 1 aromatic carbocycles. The molecule has 0 aromatic heterocycles. The molecule has 8 heteroatoms. The minimum atomic E-state index is -0.206. The number of piperidine rings is 1. The Morgan fingerprint density at radius 1 is 1.29 bits per heavy atom. The molecule has 1 aliphatic heterocycles. The number of amides is 2. The Hall–Kier alpha value is -1.99. The van der Waals surface area contributed by atoms with E-state index in [0.29, 0.717) is 29.5 Å². The lowest BCUT2D eigenvalue weighted by Gasteiger charge is -2.34. The van der Waals surface area contributed by atoms with Crippen molar-refractivity contribution in [1.29, 1.82) is 0 Å². The van der Waals surface area contributed by atoms with Gasteiger partial charge in [0, 0.05) is 30.7 Å². The second-order valence-electron chi connectivity index (χ2n) is 7.39. The first-order valence-electron chi connectivity index (χ1n) is 9.46. The lowest BCUT2D eigenvalue weighted by Crippen LogP contribution is -2.45. The van der Waals surface area contributed by atoms with Crippen LogP contribution < -0.4 is 20.5 Å². The van der Waals surface area contributed by atoms with Crippen molar-refractivity contribution >= 4 is 24.2 Å². The third kappa shape index (κ3) is 6.56. The highest BCUT2D eigenvalue weighted by atomic mass is 35.5. The summed E-state index contributed by atoms with van der Waals surface area (Å²) in [6.07, 6.45) is 2.01. The van der Waals surface area contributed by atoms with Gasteiger partial charge in [-0.25, -0.2) is 0 Å². The number of benzene rings is 1. The molecule has 1 heterocycles. The van der Waals surface area contributed by atoms with E-state index >= 15 is 0 Å². The Labute approximate surface area is 173 Å². The summed E-state index contributed by atoms with van der Waals surface area (Å²) in [7, 11) is 1.51. The summed E-state index contributed by atoms with van der Waals surface area (Å²) < 4.78 is 10.9. The van der Waals surface area contributed by atoms with Gasteiger partial charge in [0.25, 0.3) is 11.8 Å². The zero-order valence-electron chi connectivity index (χ0n) is 17.1. The molecule has 7 nitrogen and oxygen atoms in total. The van der Waals surface area contributed by atoms with E-state index in [1.807, 2.05) is 25.7 Å². The molecule has 2 atom stereocenters. The predicted octanol–water partition coefficient (Wildman–Crippen LogP) is 2.22. The number of rotatable bonds is 7. The maximum Gasteiger partial charge on any atom is 0.258 e. The molecular weight excluding hydrogens is 382 g/mol. The zero-order chi connectivity index (χ0) is 20.0. The minimum absolute atomic E-state index is 0. The number of ether oxygens (including phenoxy) is 2. The van der Waals surface area contributed by atoms with Crippen LogP contribution in [0.5, 0.6) is 11.5 Å². The fourth-order valence-electron chi connectivity index (χ4n) is 3.23. The standard InChI is InChI=1S/C20H31N3O4.ClH/c1-13(2)22-19(24)12-27-17-8-7-15(10-18(17)26-4)20(25)23-9-5-6-16(11-23)14(3)21;/h7-8,10,13-14,16H,5-6,9,11-12,21H2,1-4H3,(H,22,24);1H. The van der Waals surface area contributed by atoms with E-state index in [9.17, 15) is 9.59 Å². The Morgan fingerprint density at radius 3 is 2.61 bits per heavy atom. The molecule has 2 unspecified atom stereocenters. The molecular formula is C20H32ClN3O4. The number of nitrogens with one attached hydrogen (secondary N) is 1. The van der Waals surface area contributed by atoms with E-state index in [4.69, 9.17) is 15.2 Å². The summed E-state index contributed by atoms with van der Waals surface area (Å²) >= 11 is 0. The SMILES string of the molecule is COc1cc(C(=O)N2CCCC(C(C)N)C2)ccc1OCC(=O)NC(C)C.Cl. The average molecular weight is 414 g/mol. The summed E-state index contributed by atoms with van der Waals surface area (Å²) in [6, 6.07) is 5.15. The Kier molecular flexibility index (Phi) is 9.55. The highest BCUT2D eigenvalue weighted by molar-refractivity contribution is 5.95. The van der Waals surface area contributed by atoms with E-state index in [0.717, 1.165) is 19.4 Å². The third-order valence-corrected chi connectivity index (χ3v) is 4.71. The van der Waals surface area contributed by atoms with Crippen LogP contribution in [0.15, 0.2) is 18.2 Å². The molecule has 2 rings (SSSR count). The van der Waals surface area contributed by atoms with E-state index in [1.165, 1.54) is 7.11 Å². The number of hydrogen-bond donors (Lipinski definition) is 2. The van der Waals surface area contributed by atoms with Crippen molar-refractivity contribution in [2.24, 2.45) is 11.7 Å². The number of nitrogens with two attached hydrogens (primary N) is 1. The highest BCUT2D eigenvalue weighted by Gasteiger charge is 2.27. The van der Waals surface area contributed by atoms with Crippen molar-refractivity contribution in [1.82, 2.24) is 10.2 Å². The first kappa shape index (κ1) is 24.0. The first-order valence-corrected chi connectivity index (χ1v) is 9.46. The van der Waals surface area contributed by atoms with Gasteiger partial charge in [-0.3, -0.25) is 9.59 Å². The van der Waals surface area contributed by atoms with Crippen molar-refractivity contribution in [2.75, 3.05) is 26.8 Å². The van der Waals surface area contributed by atoms with Crippen molar-refractivity contribution in [3.05, 3.63) is 23.8 Å². The summed E-state index contributed by atoms with van der Waals surface area (Å²) in [5, 5.41) is 2.76. The number of carbonyl (C=O) groups excluding carboxylic acids is 2. The van der Waals surface area contributed by atoms with Crippen LogP contribution in [0.1, 0.15) is 44.0 Å². The van der Waals surface area contributed by atoms with Crippen molar-refractivity contribution in [3.8, 4) is 11.5 Å². The minimum Gasteiger partial charge on any atom is -0.493 e. The molecule has 158 valence electrons. The van der Waals surface area contributed by atoms with Crippen LogP contribution in [-0.4, -0.2) is 55.6 Å². The predicted molar refractivity (Wildman–Crippen MR) is 111 cm³/mol. The maximum absolute atomic E-state index is 12.9. The average Bonchev–Trinajstić information content (AvgIpc) is 2.65. The van der Waals surface area contributed by atoms with E-state index in [-0.39, 0.29) is 42.9 Å². The van der Waals surface area contributed by atoms with Crippen LogP contribution in [0.25, 0.3) is 0 Å². The lowest BCUT2D eigenvalue weighted by molar-refractivity contribution is -0.123. The maximum atomic E-state index is 12.9. The van der Waals surface area contributed by atoms with Gasteiger partial charge < -0.3 is 25.4 Å². The second-order valence-corrected chi connectivity index (χ2v) is 7.39. The van der Waals surface area contributed by atoms with Gasteiger partial charge in [-0.15, -0.1) is 12.4 Å². The number of likely N-dealkylation sites (tertiary alicyclic amines) is 1. The number of hydrogen-bond acceptors (Lipinski definition) is 5. The van der Waals surface area contributed by atoms with Crippen LogP contribution in [0.4, 0.5) is 0 Å². The van der Waals surface area contributed by atoms with E-state index in [1.54, 1.807) is 18.2 Å². The smallest absolute Gasteiger partial charge is 0.258 e. The van der Waals surface area contributed by atoms with Crippen molar-refractivity contribution < 1.29 is 19.1 Å². The van der Waals surface area contributed by atoms with E-state index < -0.39 is 0 Å². The Bertz CT molecular complexity index is 667. The van der Waals surface area contributed by atoms with Crippen LogP contribution in [0.3, 0.4) is 0 Å². The molecule has 3 N–H and O–H groups in total. The fraction of sp³-hybridized carbons (Fsp3) is 0.600. The third-order valence-electron chi connectivity index (χ3n) is 4.71. The number of carbonyl (C=O) groups is 2. The van der Waals surface area contributed by atoms with Gasteiger partial charge in [-0.2, -0.15) is 0 Å². The summed E-state index contributed by atoms with van der Waals surface area (Å²) in [4.78, 5) is 26.5. The van der Waals surface area contributed by atoms with Gasteiger partial charge in [0.2, 0.25) is 0 Å². The highest BCUT2D eigenvalue weighted by Crippen LogP contribution is 2.29. The summed E-state index contributed by atoms with van der Waals surface area (Å²) in [6.45, 7) is 7.06. The second kappa shape index (κ2) is 11.1. The molecule has 0 bridgehead atoms. The first-order chi connectivity index (χ1) is 12.8. The van der Waals surface area contributed by atoms with Gasteiger partial charge in [0.1, 0.15) is 0 Å². The summed E-state index contributed by atoms with van der Waals surface area (Å²) in [5.41, 5.74) is 6.55. The monoisotopic (exact) mass is 413 g/mol. The summed E-state index contributed by atoms with van der Waals surface area (Å²) in [5.74, 6) is 0.941. The molecule has 2 amide bonds. The topological polar surface area (TPSA) is 93.9 Å². The lowest BCUT2D eigenvalue weighted by atomic mass is 9.92. The molecule has 0 saturated carbocycles. The van der Waals surface area contributed by atoms with Gasteiger partial charge in [-0.1, -0.05) is 0 Å². The molecule has 1 aromatic rings. The Balaban J connectivity index is 0.00000392. The van der Waals surface area contributed by atoms with Crippen molar-refractivity contribution in [3.63, 3.8) is 0 Å². The number of methoxy groups -OCH3 is 1. The van der Waals surface area contributed by atoms with Crippen molar-refractivity contribution in [2.45, 2.75) is 45.7 Å². The van der Waals surface area contributed by atoms with Crippen LogP contribution >= 0.6 is 12.4 Å². The molecule has 1 saturated heterocycles. The number of halogens is 1. The van der Waals surface area contributed by atoms with E-state index in [2.05, 4.69) is 5.32 Å². The quantitative estimate of drug-likeness (QED) is 0.714. The number of nitrogens with zero attached hydrogens (tertiary/aromatic N) is 1.